The van der Waals surface area contributed by atoms with E-state index in [4.69, 9.17) is 13.3 Å². The van der Waals surface area contributed by atoms with E-state index in [9.17, 15) is 0 Å². The molecular weight excluding hydrogens is 200 g/mol. The summed E-state index contributed by atoms with van der Waals surface area (Å²) in [5.74, 6) is 0. The second-order valence-electron chi connectivity index (χ2n) is 0.448. The average Bonchev–Trinajstić information content (AvgIpc) is 0.722. The van der Waals surface area contributed by atoms with Gasteiger partial charge in [0.1, 0.15) is 0 Å². The fraction of sp³-hybridized carbons (Fsp3) is 1.00. The monoisotopic (exact) mass is 214 g/mol. The van der Waals surface area contributed by atoms with Crippen LogP contribution in [0, 0.1) is 0 Å². The average molecular weight is 214 g/mol. The van der Waals surface area contributed by atoms with Crippen molar-refractivity contribution in [1.29, 1.82) is 0 Å². The molecule has 0 aromatic carbocycles. The molecule has 0 aliphatic heterocycles. The van der Waals surface area contributed by atoms with Crippen molar-refractivity contribution in [3.05, 3.63) is 0 Å². The van der Waals surface area contributed by atoms with Crippen LogP contribution in [0.25, 0.3) is 0 Å². The third kappa shape index (κ3) is 448. The Morgan fingerprint density at radius 2 is 1.11 bits per heavy atom. The molecule has 0 rings (SSSR count). The van der Waals surface area contributed by atoms with Gasteiger partial charge in [-0.15, -0.1) is 0 Å². The van der Waals surface area contributed by atoms with E-state index in [-0.39, 0.29) is 41.8 Å². The van der Waals surface area contributed by atoms with Crippen molar-refractivity contribution >= 4 is 47.2 Å². The van der Waals surface area contributed by atoms with Crippen molar-refractivity contribution in [3.63, 3.8) is 0 Å². The first-order valence-corrected chi connectivity index (χ1v) is 3.10. The fourth-order valence-electron chi connectivity index (χ4n) is 0. The Hall–Kier alpha value is 0.990. The maximum absolute atomic E-state index is 9.11. The van der Waals surface area contributed by atoms with Gasteiger partial charge in [-0.1, -0.05) is 14.9 Å². The zero-order chi connectivity index (χ0) is 4.50. The van der Waals surface area contributed by atoms with Crippen LogP contribution in [0.5, 0.6) is 0 Å². The predicted octanol–water partition coefficient (Wildman–Crippen LogP) is 1.18. The smallest absolute Gasteiger partial charge is 0.263 e. The lowest BCUT2D eigenvalue weighted by atomic mass is 12.0. The van der Waals surface area contributed by atoms with Crippen LogP contribution in [0.3, 0.4) is 0 Å². The molecule has 3 nitrogen and oxygen atoms in total. The third-order valence-corrected chi connectivity index (χ3v) is 0. The summed E-state index contributed by atoms with van der Waals surface area (Å²) in [5.41, 5.74) is 0. The Kier molecular flexibility index (Phi) is 42.3. The highest BCUT2D eigenvalue weighted by Crippen LogP contribution is 1.62. The van der Waals surface area contributed by atoms with Crippen molar-refractivity contribution in [3.8, 4) is 0 Å². The van der Waals surface area contributed by atoms with Crippen LogP contribution in [0.15, 0.2) is 0 Å². The Bertz CT molecular complexity index is 97.0. The van der Waals surface area contributed by atoms with Crippen LogP contribution in [-0.2, 0) is 20.2 Å². The molecular formula is C2H14O3S4. The van der Waals surface area contributed by atoms with Gasteiger partial charge in [-0.3, -0.25) is 9.11 Å². The lowest BCUT2D eigenvalue weighted by Crippen LogP contribution is -1.86. The summed E-state index contributed by atoms with van der Waals surface area (Å²) in [5, 5.41) is 0. The maximum atomic E-state index is 9.11. The van der Waals surface area contributed by atoms with E-state index in [0.29, 0.717) is 0 Å². The van der Waals surface area contributed by atoms with Crippen LogP contribution in [0.4, 0.5) is 0 Å². The van der Waals surface area contributed by atoms with Crippen molar-refractivity contribution in [2.24, 2.45) is 0 Å². The van der Waals surface area contributed by atoms with Gasteiger partial charge in [-0.05, 0) is 0 Å². The van der Waals surface area contributed by atoms with Crippen LogP contribution < -0.4 is 0 Å². The first kappa shape index (κ1) is 32.4. The van der Waals surface area contributed by atoms with Crippen LogP contribution in [0.1, 0.15) is 14.9 Å². The highest BCUT2D eigenvalue weighted by molar-refractivity contribution is 8.26. The van der Waals surface area contributed by atoms with Gasteiger partial charge in [-0.2, -0.15) is 31.2 Å². The molecule has 7 heteroatoms. The Labute approximate surface area is 75.5 Å². The molecule has 0 heterocycles. The summed E-state index contributed by atoms with van der Waals surface area (Å²) in [6.07, 6.45) is 0. The molecule has 0 aliphatic carbocycles. The largest absolute Gasteiger partial charge is 0.285 e. The minimum Gasteiger partial charge on any atom is -0.285 e. The standard InChI is InChI=1S/2CH4.H2O3S2.2H2S/c;;1-5(2,3)4;;/h2*1H4;(H2,1,2,3,4);2*1H2. The quantitative estimate of drug-likeness (QED) is 0.636. The summed E-state index contributed by atoms with van der Waals surface area (Å²) >= 11 is 3.47. The molecule has 0 radical (unpaired) electrons. The van der Waals surface area contributed by atoms with Crippen molar-refractivity contribution in [2.45, 2.75) is 14.9 Å². The highest BCUT2D eigenvalue weighted by Gasteiger charge is 1.78. The number of rotatable bonds is 0. The van der Waals surface area contributed by atoms with E-state index >= 15 is 0 Å². The fourth-order valence-corrected chi connectivity index (χ4v) is 0. The molecule has 2 N–H and O–H groups in total. The lowest BCUT2D eigenvalue weighted by Gasteiger charge is -1.73. The van der Waals surface area contributed by atoms with Gasteiger partial charge in [0.25, 0.3) is 9.05 Å². The summed E-state index contributed by atoms with van der Waals surface area (Å²) in [7, 11) is -3.83. The molecule has 0 fully saturated rings. The summed E-state index contributed by atoms with van der Waals surface area (Å²) in [4.78, 5) is 0. The Balaban J connectivity index is -0.0000000133. The van der Waals surface area contributed by atoms with E-state index in [1.54, 1.807) is 0 Å². The minimum absolute atomic E-state index is 0. The second kappa shape index (κ2) is 11.7. The molecule has 0 atom stereocenters. The molecule has 0 amide bonds. The Morgan fingerprint density at radius 1 is 1.11 bits per heavy atom. The van der Waals surface area contributed by atoms with E-state index < -0.39 is 9.05 Å². The molecule has 0 aliphatic rings. The van der Waals surface area contributed by atoms with E-state index in [2.05, 4.69) is 11.2 Å². The molecule has 9 heavy (non-hydrogen) atoms. The van der Waals surface area contributed by atoms with Gasteiger partial charge < -0.3 is 0 Å². The van der Waals surface area contributed by atoms with Crippen LogP contribution in [-0.4, -0.2) is 13.3 Å². The Morgan fingerprint density at radius 3 is 1.11 bits per heavy atom. The van der Waals surface area contributed by atoms with Crippen molar-refractivity contribution in [2.75, 3.05) is 0 Å². The molecule has 0 spiro atoms. The second-order valence-corrected chi connectivity index (χ2v) is 2.65. The van der Waals surface area contributed by atoms with E-state index in [1.807, 2.05) is 0 Å². The summed E-state index contributed by atoms with van der Waals surface area (Å²) < 4.78 is 24.0. The lowest BCUT2D eigenvalue weighted by molar-refractivity contribution is 0.450. The molecule has 0 unspecified atom stereocenters. The predicted molar refractivity (Wildman–Crippen MR) is 55.0 cm³/mol. The third-order valence-electron chi connectivity index (χ3n) is 0. The zero-order valence-electron chi connectivity index (χ0n) is 3.12. The van der Waals surface area contributed by atoms with Crippen LogP contribution in [0.2, 0.25) is 0 Å². The van der Waals surface area contributed by atoms with E-state index in [1.165, 1.54) is 0 Å². The maximum Gasteiger partial charge on any atom is 0.263 e. The zero-order valence-corrected chi connectivity index (χ0v) is 6.75. The number of hydrogen-bond acceptors (Lipinski definition) is 2. The first-order chi connectivity index (χ1) is 2.00. The SMILES string of the molecule is C.C.O=S(O)(O)=S.S.S. The van der Waals surface area contributed by atoms with E-state index in [0.717, 1.165) is 0 Å². The first-order valence-electron chi connectivity index (χ1n) is 0.698. The van der Waals surface area contributed by atoms with Crippen molar-refractivity contribution in [1.82, 2.24) is 0 Å². The van der Waals surface area contributed by atoms with Gasteiger partial charge in [0.2, 0.25) is 0 Å². The van der Waals surface area contributed by atoms with Gasteiger partial charge in [0.15, 0.2) is 0 Å². The molecule has 0 aromatic rings. The molecule has 0 saturated carbocycles. The summed E-state index contributed by atoms with van der Waals surface area (Å²) in [6, 6.07) is 0. The normalized spacial score (nSPS) is 6.44. The van der Waals surface area contributed by atoms with Crippen molar-refractivity contribution < 1.29 is 13.3 Å². The topological polar surface area (TPSA) is 57.5 Å². The van der Waals surface area contributed by atoms with Gasteiger partial charge in [0, 0.05) is 11.2 Å². The molecule has 64 valence electrons. The minimum atomic E-state index is -3.83. The van der Waals surface area contributed by atoms with Crippen LogP contribution >= 0.6 is 27.0 Å². The molecule has 0 saturated heterocycles. The molecule has 0 bridgehead atoms. The summed E-state index contributed by atoms with van der Waals surface area (Å²) in [6.45, 7) is 0. The number of hydrogen-bond donors (Lipinski definition) is 2. The molecule has 0 aromatic heterocycles. The van der Waals surface area contributed by atoms with Gasteiger partial charge >= 0.3 is 0 Å². The highest BCUT2D eigenvalue weighted by atomic mass is 32.9. The van der Waals surface area contributed by atoms with Gasteiger partial charge in [0.05, 0.1) is 0 Å². The van der Waals surface area contributed by atoms with Gasteiger partial charge in [-0.25, -0.2) is 0 Å².